The zero-order valence-corrected chi connectivity index (χ0v) is 15.2. The standard InChI is InChI=1S/C22H24N2O3/c25-20(18-9-5-4-8-17(18)16-6-2-1-3-7-16)24-15-22(10-12-23-13-11-22)14-19(24)21(26)27/h1-9,19,23H,10-15H2,(H,26,27)/t19-/m1/s1. The fourth-order valence-corrected chi connectivity index (χ4v) is 4.50. The molecule has 0 unspecified atom stereocenters. The molecule has 2 fully saturated rings. The number of hydrogen-bond donors (Lipinski definition) is 2. The van der Waals surface area contributed by atoms with Crippen molar-refractivity contribution in [2.24, 2.45) is 5.41 Å². The van der Waals surface area contributed by atoms with Crippen LogP contribution in [-0.2, 0) is 4.79 Å². The van der Waals surface area contributed by atoms with Crippen molar-refractivity contribution < 1.29 is 14.7 Å². The van der Waals surface area contributed by atoms with Crippen LogP contribution in [-0.4, -0.2) is 47.6 Å². The average Bonchev–Trinajstić information content (AvgIpc) is 3.08. The Hall–Kier alpha value is -2.66. The zero-order chi connectivity index (χ0) is 18.9. The van der Waals surface area contributed by atoms with E-state index in [0.717, 1.165) is 37.1 Å². The number of amides is 1. The second-order valence-electron chi connectivity index (χ2n) is 7.65. The number of hydrogen-bond acceptors (Lipinski definition) is 3. The van der Waals surface area contributed by atoms with Gasteiger partial charge < -0.3 is 15.3 Å². The number of carbonyl (C=O) groups excluding carboxylic acids is 1. The number of carbonyl (C=O) groups is 2. The van der Waals surface area contributed by atoms with Crippen LogP contribution < -0.4 is 5.32 Å². The van der Waals surface area contributed by atoms with Gasteiger partial charge in [0, 0.05) is 12.1 Å². The molecule has 4 rings (SSSR count). The minimum atomic E-state index is -0.907. The van der Waals surface area contributed by atoms with E-state index in [1.54, 1.807) is 11.0 Å². The number of rotatable bonds is 3. The van der Waals surface area contributed by atoms with E-state index >= 15 is 0 Å². The molecule has 2 aliphatic rings. The Bertz CT molecular complexity index is 844. The van der Waals surface area contributed by atoms with Gasteiger partial charge in [0.05, 0.1) is 0 Å². The molecule has 2 aromatic carbocycles. The van der Waals surface area contributed by atoms with Gasteiger partial charge in [0.25, 0.3) is 5.91 Å². The number of carboxylic acids is 1. The minimum Gasteiger partial charge on any atom is -0.480 e. The number of carboxylic acid groups (broad SMARTS) is 1. The monoisotopic (exact) mass is 364 g/mol. The Morgan fingerprint density at radius 1 is 1.00 bits per heavy atom. The van der Waals surface area contributed by atoms with Crippen molar-refractivity contribution in [1.82, 2.24) is 10.2 Å². The summed E-state index contributed by atoms with van der Waals surface area (Å²) < 4.78 is 0. The number of aliphatic carboxylic acids is 1. The summed E-state index contributed by atoms with van der Waals surface area (Å²) in [5.74, 6) is -1.09. The van der Waals surface area contributed by atoms with E-state index in [1.807, 2.05) is 48.5 Å². The molecule has 140 valence electrons. The summed E-state index contributed by atoms with van der Waals surface area (Å²) >= 11 is 0. The van der Waals surface area contributed by atoms with Gasteiger partial charge in [-0.1, -0.05) is 48.5 Å². The van der Waals surface area contributed by atoms with Crippen LogP contribution in [0.2, 0.25) is 0 Å². The molecule has 0 aliphatic carbocycles. The smallest absolute Gasteiger partial charge is 0.326 e. The molecule has 2 aromatic rings. The van der Waals surface area contributed by atoms with Crippen LogP contribution in [0.1, 0.15) is 29.6 Å². The van der Waals surface area contributed by atoms with Gasteiger partial charge in [-0.05, 0) is 55.0 Å². The van der Waals surface area contributed by atoms with Crippen molar-refractivity contribution in [2.45, 2.75) is 25.3 Å². The van der Waals surface area contributed by atoms with Crippen LogP contribution >= 0.6 is 0 Å². The second-order valence-corrected chi connectivity index (χ2v) is 7.65. The molecule has 5 nitrogen and oxygen atoms in total. The second kappa shape index (κ2) is 7.16. The quantitative estimate of drug-likeness (QED) is 0.878. The summed E-state index contributed by atoms with van der Waals surface area (Å²) in [4.78, 5) is 26.9. The summed E-state index contributed by atoms with van der Waals surface area (Å²) in [5.41, 5.74) is 2.30. The highest BCUT2D eigenvalue weighted by atomic mass is 16.4. The molecule has 0 radical (unpaired) electrons. The molecule has 1 atom stereocenters. The first-order chi connectivity index (χ1) is 13.1. The summed E-state index contributed by atoms with van der Waals surface area (Å²) in [6, 6.07) is 16.5. The number of nitrogens with one attached hydrogen (secondary N) is 1. The lowest BCUT2D eigenvalue weighted by atomic mass is 9.77. The van der Waals surface area contributed by atoms with Gasteiger partial charge >= 0.3 is 5.97 Å². The number of piperidine rings is 1. The number of nitrogens with zero attached hydrogens (tertiary/aromatic N) is 1. The molecule has 5 heteroatoms. The van der Waals surface area contributed by atoms with Crippen LogP contribution in [0.4, 0.5) is 0 Å². The highest BCUT2D eigenvalue weighted by Gasteiger charge is 2.49. The highest BCUT2D eigenvalue weighted by Crippen LogP contribution is 2.43. The minimum absolute atomic E-state index is 0.0777. The molecule has 27 heavy (non-hydrogen) atoms. The lowest BCUT2D eigenvalue weighted by molar-refractivity contribution is -0.141. The molecular formula is C22H24N2O3. The lowest BCUT2D eigenvalue weighted by Crippen LogP contribution is -2.42. The molecule has 0 bridgehead atoms. The van der Waals surface area contributed by atoms with Crippen LogP contribution in [0.25, 0.3) is 11.1 Å². The van der Waals surface area contributed by atoms with E-state index in [-0.39, 0.29) is 11.3 Å². The maximum atomic E-state index is 13.4. The van der Waals surface area contributed by atoms with Crippen molar-refractivity contribution in [1.29, 1.82) is 0 Å². The van der Waals surface area contributed by atoms with Gasteiger partial charge in [-0.2, -0.15) is 0 Å². The Balaban J connectivity index is 1.69. The zero-order valence-electron chi connectivity index (χ0n) is 15.2. The predicted octanol–water partition coefficient (Wildman–Crippen LogP) is 3.02. The van der Waals surface area contributed by atoms with E-state index in [4.69, 9.17) is 0 Å². The first-order valence-electron chi connectivity index (χ1n) is 9.49. The van der Waals surface area contributed by atoms with Gasteiger partial charge in [-0.15, -0.1) is 0 Å². The molecular weight excluding hydrogens is 340 g/mol. The van der Waals surface area contributed by atoms with E-state index in [1.165, 1.54) is 0 Å². The number of likely N-dealkylation sites (tertiary alicyclic amines) is 1. The fraction of sp³-hybridized carbons (Fsp3) is 0.364. The molecule has 2 aliphatic heterocycles. The highest BCUT2D eigenvalue weighted by molar-refractivity contribution is 6.02. The van der Waals surface area contributed by atoms with E-state index in [0.29, 0.717) is 18.5 Å². The van der Waals surface area contributed by atoms with Crippen LogP contribution in [0.5, 0.6) is 0 Å². The fourth-order valence-electron chi connectivity index (χ4n) is 4.50. The molecule has 0 aromatic heterocycles. The summed E-state index contributed by atoms with van der Waals surface area (Å²) in [6.45, 7) is 2.29. The normalized spacial score (nSPS) is 21.3. The van der Waals surface area contributed by atoms with Crippen molar-refractivity contribution in [3.63, 3.8) is 0 Å². The van der Waals surface area contributed by atoms with Gasteiger partial charge in [0.15, 0.2) is 0 Å². The third-order valence-corrected chi connectivity index (χ3v) is 5.96. The lowest BCUT2D eigenvalue weighted by Gasteiger charge is -2.33. The third-order valence-electron chi connectivity index (χ3n) is 5.96. The van der Waals surface area contributed by atoms with Crippen molar-refractivity contribution in [3.8, 4) is 11.1 Å². The summed E-state index contributed by atoms with van der Waals surface area (Å²) in [5, 5.41) is 13.1. The average molecular weight is 364 g/mol. The topological polar surface area (TPSA) is 69.6 Å². The molecule has 2 N–H and O–H groups in total. The number of benzene rings is 2. The molecule has 0 saturated carbocycles. The van der Waals surface area contributed by atoms with Crippen LogP contribution in [0, 0.1) is 5.41 Å². The molecule has 2 heterocycles. The van der Waals surface area contributed by atoms with Crippen molar-refractivity contribution in [2.75, 3.05) is 19.6 Å². The van der Waals surface area contributed by atoms with Gasteiger partial charge in [0.1, 0.15) is 6.04 Å². The van der Waals surface area contributed by atoms with Crippen molar-refractivity contribution in [3.05, 3.63) is 60.2 Å². The van der Waals surface area contributed by atoms with E-state index in [9.17, 15) is 14.7 Å². The summed E-state index contributed by atoms with van der Waals surface area (Å²) in [7, 11) is 0. The third kappa shape index (κ3) is 3.35. The molecule has 2 saturated heterocycles. The SMILES string of the molecule is O=C(O)[C@H]1CC2(CCNCC2)CN1C(=O)c1ccccc1-c1ccccc1. The van der Waals surface area contributed by atoms with E-state index < -0.39 is 12.0 Å². The van der Waals surface area contributed by atoms with Crippen molar-refractivity contribution >= 4 is 11.9 Å². The Morgan fingerprint density at radius 3 is 2.37 bits per heavy atom. The maximum absolute atomic E-state index is 13.4. The predicted molar refractivity (Wildman–Crippen MR) is 103 cm³/mol. The molecule has 1 spiro atoms. The maximum Gasteiger partial charge on any atom is 0.326 e. The van der Waals surface area contributed by atoms with Gasteiger partial charge in [-0.25, -0.2) is 4.79 Å². The van der Waals surface area contributed by atoms with Gasteiger partial charge in [-0.3, -0.25) is 4.79 Å². The van der Waals surface area contributed by atoms with Gasteiger partial charge in [0.2, 0.25) is 0 Å². The Kier molecular flexibility index (Phi) is 4.70. The summed E-state index contributed by atoms with van der Waals surface area (Å²) in [6.07, 6.45) is 2.38. The Labute approximate surface area is 159 Å². The van der Waals surface area contributed by atoms with E-state index in [2.05, 4.69) is 5.32 Å². The van der Waals surface area contributed by atoms with Crippen LogP contribution in [0.15, 0.2) is 54.6 Å². The largest absolute Gasteiger partial charge is 0.480 e. The Morgan fingerprint density at radius 2 is 1.67 bits per heavy atom. The first-order valence-corrected chi connectivity index (χ1v) is 9.49. The molecule has 1 amide bonds. The van der Waals surface area contributed by atoms with Crippen LogP contribution in [0.3, 0.4) is 0 Å². The first kappa shape index (κ1) is 17.7.